The Hall–Kier alpha value is -1.72. The van der Waals surface area contributed by atoms with Crippen LogP contribution in [0.4, 0.5) is 14.6 Å². The summed E-state index contributed by atoms with van der Waals surface area (Å²) in [6.45, 7) is 3.99. The number of carbonyl (C=O) groups excluding carboxylic acids is 1. The number of aromatic nitrogens is 1. The van der Waals surface area contributed by atoms with Gasteiger partial charge in [0.25, 0.3) is 0 Å². The van der Waals surface area contributed by atoms with Crippen LogP contribution < -0.4 is 5.32 Å². The van der Waals surface area contributed by atoms with E-state index < -0.39 is 17.7 Å². The van der Waals surface area contributed by atoms with E-state index in [0.29, 0.717) is 6.54 Å². The van der Waals surface area contributed by atoms with Crippen LogP contribution in [0.3, 0.4) is 0 Å². The molecule has 17 heavy (non-hydrogen) atoms. The molecule has 1 rings (SSSR count). The van der Waals surface area contributed by atoms with Crippen LogP contribution in [-0.4, -0.2) is 35.4 Å². The fraction of sp³-hybridized carbons (Fsp3) is 0.455. The summed E-state index contributed by atoms with van der Waals surface area (Å²) >= 11 is 0. The van der Waals surface area contributed by atoms with Crippen molar-refractivity contribution in [3.63, 3.8) is 0 Å². The van der Waals surface area contributed by atoms with Crippen molar-refractivity contribution in [3.05, 3.63) is 23.9 Å². The Labute approximate surface area is 98.6 Å². The van der Waals surface area contributed by atoms with Crippen molar-refractivity contribution in [2.75, 3.05) is 18.9 Å². The van der Waals surface area contributed by atoms with Crippen molar-refractivity contribution in [1.82, 2.24) is 9.88 Å². The molecule has 1 N–H and O–H groups in total. The lowest BCUT2D eigenvalue weighted by Crippen LogP contribution is -2.39. The molecule has 4 nitrogen and oxygen atoms in total. The van der Waals surface area contributed by atoms with Crippen LogP contribution in [0.2, 0.25) is 0 Å². The Morgan fingerprint density at radius 3 is 2.76 bits per heavy atom. The van der Waals surface area contributed by atoms with Crippen LogP contribution in [-0.2, 0) is 4.79 Å². The van der Waals surface area contributed by atoms with Crippen molar-refractivity contribution < 1.29 is 13.6 Å². The number of rotatable bonds is 4. The summed E-state index contributed by atoms with van der Waals surface area (Å²) in [6.07, 6.45) is 0.895. The number of pyridine rings is 1. The highest BCUT2D eigenvalue weighted by Gasteiger charge is 2.18. The molecular weight excluding hydrogens is 228 g/mol. The zero-order chi connectivity index (χ0) is 13.0. The van der Waals surface area contributed by atoms with E-state index in [1.165, 1.54) is 4.90 Å². The molecule has 0 saturated carbocycles. The molecule has 0 radical (unpaired) electrons. The van der Waals surface area contributed by atoms with E-state index in [1.54, 1.807) is 14.0 Å². The van der Waals surface area contributed by atoms with Gasteiger partial charge in [0, 0.05) is 19.7 Å². The highest BCUT2D eigenvalue weighted by Crippen LogP contribution is 2.12. The minimum Gasteiger partial charge on any atom is -0.356 e. The number of hydrogen-bond donors (Lipinski definition) is 1. The second-order valence-corrected chi connectivity index (χ2v) is 3.70. The summed E-state index contributed by atoms with van der Waals surface area (Å²) in [5.41, 5.74) is 0. The minimum atomic E-state index is -0.816. The number of anilines is 1. The van der Waals surface area contributed by atoms with E-state index in [2.05, 4.69) is 10.3 Å². The van der Waals surface area contributed by atoms with Crippen molar-refractivity contribution in [2.24, 2.45) is 0 Å². The first-order valence-electron chi connectivity index (χ1n) is 5.28. The minimum absolute atomic E-state index is 0.128. The van der Waals surface area contributed by atoms with Gasteiger partial charge in [0.15, 0.2) is 11.6 Å². The van der Waals surface area contributed by atoms with Gasteiger partial charge in [0.05, 0.1) is 6.20 Å². The van der Waals surface area contributed by atoms with E-state index >= 15 is 0 Å². The molecule has 0 aliphatic heterocycles. The van der Waals surface area contributed by atoms with Crippen molar-refractivity contribution in [3.8, 4) is 0 Å². The van der Waals surface area contributed by atoms with Gasteiger partial charge in [-0.1, -0.05) is 0 Å². The molecule has 0 saturated heterocycles. The average molecular weight is 243 g/mol. The third-order valence-corrected chi connectivity index (χ3v) is 2.38. The first kappa shape index (κ1) is 13.3. The van der Waals surface area contributed by atoms with Crippen molar-refractivity contribution in [2.45, 2.75) is 19.9 Å². The Morgan fingerprint density at radius 2 is 2.24 bits per heavy atom. The molecule has 94 valence electrons. The summed E-state index contributed by atoms with van der Waals surface area (Å²) in [5.74, 6) is -1.88. The molecule has 1 aromatic rings. The number of hydrogen-bond acceptors (Lipinski definition) is 3. The summed E-state index contributed by atoms with van der Waals surface area (Å²) < 4.78 is 25.9. The third-order valence-electron chi connectivity index (χ3n) is 2.38. The molecule has 0 spiro atoms. The summed E-state index contributed by atoms with van der Waals surface area (Å²) in [4.78, 5) is 16.7. The number of likely N-dealkylation sites (N-methyl/N-ethyl adjacent to an activating group) is 1. The van der Waals surface area contributed by atoms with Gasteiger partial charge in [-0.2, -0.15) is 0 Å². The molecule has 1 amide bonds. The number of nitrogens with zero attached hydrogens (tertiary/aromatic N) is 2. The maximum Gasteiger partial charge on any atom is 0.244 e. The smallest absolute Gasteiger partial charge is 0.244 e. The normalized spacial score (nSPS) is 12.1. The van der Waals surface area contributed by atoms with Crippen LogP contribution in [0.5, 0.6) is 0 Å². The summed E-state index contributed by atoms with van der Waals surface area (Å²) in [6, 6.07) is 0.100. The predicted molar refractivity (Wildman–Crippen MR) is 60.5 cm³/mol. The van der Waals surface area contributed by atoms with E-state index in [1.807, 2.05) is 6.92 Å². The second-order valence-electron chi connectivity index (χ2n) is 3.70. The van der Waals surface area contributed by atoms with Crippen molar-refractivity contribution >= 4 is 11.7 Å². The highest BCUT2D eigenvalue weighted by atomic mass is 19.1. The van der Waals surface area contributed by atoms with Gasteiger partial charge in [0.2, 0.25) is 5.91 Å². The van der Waals surface area contributed by atoms with Gasteiger partial charge in [-0.15, -0.1) is 0 Å². The second kappa shape index (κ2) is 5.56. The van der Waals surface area contributed by atoms with Gasteiger partial charge in [0.1, 0.15) is 11.9 Å². The topological polar surface area (TPSA) is 45.2 Å². The monoisotopic (exact) mass is 243 g/mol. The van der Waals surface area contributed by atoms with E-state index in [-0.39, 0.29) is 11.7 Å². The molecule has 1 aromatic heterocycles. The standard InChI is InChI=1S/C11H15F2N3O/c1-4-16(3)11(17)7(2)15-10-9(13)5-8(12)6-14-10/h5-7H,4H2,1-3H3,(H,14,15). The number of halogens is 2. The number of carbonyl (C=O) groups is 1. The van der Waals surface area contributed by atoms with Gasteiger partial charge >= 0.3 is 0 Å². The first-order valence-corrected chi connectivity index (χ1v) is 5.28. The Kier molecular flexibility index (Phi) is 4.37. The van der Waals surface area contributed by atoms with Crippen LogP contribution in [0.15, 0.2) is 12.3 Å². The maximum absolute atomic E-state index is 13.3. The lowest BCUT2D eigenvalue weighted by atomic mass is 10.3. The highest BCUT2D eigenvalue weighted by molar-refractivity contribution is 5.83. The van der Waals surface area contributed by atoms with Crippen molar-refractivity contribution in [1.29, 1.82) is 0 Å². The molecule has 1 heterocycles. The molecular formula is C11H15F2N3O. The molecule has 1 unspecified atom stereocenters. The van der Waals surface area contributed by atoms with E-state index in [0.717, 1.165) is 12.3 Å². The zero-order valence-electron chi connectivity index (χ0n) is 10.00. The Bertz CT molecular complexity index is 412. The lowest BCUT2D eigenvalue weighted by Gasteiger charge is -2.21. The predicted octanol–water partition coefficient (Wildman–Crippen LogP) is 1.64. The third kappa shape index (κ3) is 3.37. The number of amides is 1. The van der Waals surface area contributed by atoms with E-state index in [9.17, 15) is 13.6 Å². The van der Waals surface area contributed by atoms with Crippen LogP contribution in [0.1, 0.15) is 13.8 Å². The molecule has 1 atom stereocenters. The van der Waals surface area contributed by atoms with Gasteiger partial charge in [-0.25, -0.2) is 13.8 Å². The molecule has 0 aliphatic rings. The molecule has 0 fully saturated rings. The fourth-order valence-corrected chi connectivity index (χ4v) is 1.27. The fourth-order valence-electron chi connectivity index (χ4n) is 1.27. The summed E-state index contributed by atoms with van der Waals surface area (Å²) in [5, 5.41) is 2.61. The molecule has 0 aliphatic carbocycles. The Morgan fingerprint density at radius 1 is 1.59 bits per heavy atom. The van der Waals surface area contributed by atoms with Gasteiger partial charge < -0.3 is 10.2 Å². The van der Waals surface area contributed by atoms with Gasteiger partial charge in [-0.3, -0.25) is 4.79 Å². The van der Waals surface area contributed by atoms with Gasteiger partial charge in [-0.05, 0) is 13.8 Å². The number of nitrogens with one attached hydrogen (secondary N) is 1. The van der Waals surface area contributed by atoms with Crippen LogP contribution in [0, 0.1) is 11.6 Å². The molecule has 0 bridgehead atoms. The average Bonchev–Trinajstić information content (AvgIpc) is 2.30. The van der Waals surface area contributed by atoms with E-state index in [4.69, 9.17) is 0 Å². The molecule has 0 aromatic carbocycles. The molecule has 6 heteroatoms. The maximum atomic E-state index is 13.3. The summed E-state index contributed by atoms with van der Waals surface area (Å²) in [7, 11) is 1.65. The first-order chi connectivity index (χ1) is 7.95. The lowest BCUT2D eigenvalue weighted by molar-refractivity contribution is -0.130. The van der Waals surface area contributed by atoms with Crippen LogP contribution >= 0.6 is 0 Å². The zero-order valence-corrected chi connectivity index (χ0v) is 10.00. The largest absolute Gasteiger partial charge is 0.356 e. The quantitative estimate of drug-likeness (QED) is 0.874. The van der Waals surface area contributed by atoms with Crippen LogP contribution in [0.25, 0.3) is 0 Å². The SMILES string of the molecule is CCN(C)C(=O)C(C)Nc1ncc(F)cc1F. The Balaban J connectivity index is 2.74.